The summed E-state index contributed by atoms with van der Waals surface area (Å²) in [6.45, 7) is 13.7. The predicted molar refractivity (Wildman–Crippen MR) is 88.2 cm³/mol. The number of hydrogen-bond acceptors (Lipinski definition) is 3. The molecular formula is C17H30N2S. The van der Waals surface area contributed by atoms with E-state index in [1.807, 2.05) is 11.3 Å². The fourth-order valence-electron chi connectivity index (χ4n) is 2.75. The van der Waals surface area contributed by atoms with Gasteiger partial charge in [-0.2, -0.15) is 0 Å². The largest absolute Gasteiger partial charge is 0.327 e. The summed E-state index contributed by atoms with van der Waals surface area (Å²) < 4.78 is 0. The average Bonchev–Trinajstić information content (AvgIpc) is 2.67. The Balaban J connectivity index is 2.10. The summed E-state index contributed by atoms with van der Waals surface area (Å²) in [4.78, 5) is 6.38. The molecule has 0 saturated carbocycles. The van der Waals surface area contributed by atoms with Crippen LogP contribution in [0.4, 0.5) is 0 Å². The standard InChI is InChI=1S/C17H30N2S/c1-16(2,3)11-7-8-12-13(9-11)20-15(19-12)10-14(18)17(4,5)6/h11,14H,7-10,18H2,1-6H3. The van der Waals surface area contributed by atoms with Crippen molar-refractivity contribution in [3.8, 4) is 0 Å². The van der Waals surface area contributed by atoms with Crippen LogP contribution in [-0.4, -0.2) is 11.0 Å². The molecule has 0 radical (unpaired) electrons. The number of aryl methyl sites for hydroxylation is 1. The van der Waals surface area contributed by atoms with Crippen LogP contribution >= 0.6 is 11.3 Å². The van der Waals surface area contributed by atoms with Crippen molar-refractivity contribution in [3.63, 3.8) is 0 Å². The van der Waals surface area contributed by atoms with Gasteiger partial charge in [0, 0.05) is 17.3 Å². The van der Waals surface area contributed by atoms with Crippen molar-refractivity contribution < 1.29 is 0 Å². The van der Waals surface area contributed by atoms with Gasteiger partial charge in [0.15, 0.2) is 0 Å². The molecule has 114 valence electrons. The normalized spacial score (nSPS) is 21.6. The van der Waals surface area contributed by atoms with Gasteiger partial charge >= 0.3 is 0 Å². The van der Waals surface area contributed by atoms with Gasteiger partial charge in [-0.1, -0.05) is 41.5 Å². The molecule has 0 aromatic carbocycles. The number of hydrogen-bond donors (Lipinski definition) is 1. The lowest BCUT2D eigenvalue weighted by Gasteiger charge is -2.33. The zero-order chi connectivity index (χ0) is 15.1. The van der Waals surface area contributed by atoms with E-state index >= 15 is 0 Å². The van der Waals surface area contributed by atoms with Crippen molar-refractivity contribution in [2.24, 2.45) is 22.5 Å². The first kappa shape index (κ1) is 16.0. The second-order valence-electron chi connectivity index (χ2n) is 8.46. The molecule has 1 aromatic heterocycles. The Labute approximate surface area is 128 Å². The minimum absolute atomic E-state index is 0.153. The fraction of sp³-hybridized carbons (Fsp3) is 0.824. The first-order chi connectivity index (χ1) is 9.07. The van der Waals surface area contributed by atoms with Crippen LogP contribution in [0.5, 0.6) is 0 Å². The molecular weight excluding hydrogens is 264 g/mol. The van der Waals surface area contributed by atoms with Gasteiger partial charge in [-0.15, -0.1) is 11.3 Å². The molecule has 3 heteroatoms. The van der Waals surface area contributed by atoms with E-state index in [1.54, 1.807) is 0 Å². The van der Waals surface area contributed by atoms with Crippen LogP contribution < -0.4 is 5.73 Å². The third-order valence-electron chi connectivity index (χ3n) is 4.72. The Bertz CT molecular complexity index is 462. The van der Waals surface area contributed by atoms with Crippen LogP contribution in [0.25, 0.3) is 0 Å². The summed E-state index contributed by atoms with van der Waals surface area (Å²) in [7, 11) is 0. The van der Waals surface area contributed by atoms with Gasteiger partial charge < -0.3 is 5.73 Å². The highest BCUT2D eigenvalue weighted by Gasteiger charge is 2.31. The molecule has 0 saturated heterocycles. The van der Waals surface area contributed by atoms with Crippen LogP contribution in [0.1, 0.15) is 63.5 Å². The fourth-order valence-corrected chi connectivity index (χ4v) is 4.00. The number of fused-ring (bicyclic) bond motifs is 1. The SMILES string of the molecule is CC(C)(C)C(N)Cc1nc2c(s1)CC(C(C)(C)C)CC2. The van der Waals surface area contributed by atoms with Crippen molar-refractivity contribution >= 4 is 11.3 Å². The third kappa shape index (κ3) is 3.62. The molecule has 0 fully saturated rings. The third-order valence-corrected chi connectivity index (χ3v) is 5.86. The zero-order valence-electron chi connectivity index (χ0n) is 13.9. The summed E-state index contributed by atoms with van der Waals surface area (Å²) in [5.74, 6) is 0.791. The molecule has 1 aliphatic carbocycles. The van der Waals surface area contributed by atoms with Gasteiger partial charge in [0.2, 0.25) is 0 Å². The molecule has 2 atom stereocenters. The first-order valence-electron chi connectivity index (χ1n) is 7.80. The number of thiazole rings is 1. The highest BCUT2D eigenvalue weighted by molar-refractivity contribution is 7.11. The van der Waals surface area contributed by atoms with E-state index in [0.717, 1.165) is 18.8 Å². The molecule has 2 unspecified atom stereocenters. The lowest BCUT2D eigenvalue weighted by atomic mass is 9.73. The molecule has 0 spiro atoms. The number of nitrogens with zero attached hydrogens (tertiary/aromatic N) is 1. The predicted octanol–water partition coefficient (Wildman–Crippen LogP) is 4.21. The van der Waals surface area contributed by atoms with Crippen LogP contribution in [0.3, 0.4) is 0 Å². The Hall–Kier alpha value is -0.410. The number of rotatable bonds is 2. The molecule has 0 aliphatic heterocycles. The number of nitrogens with two attached hydrogens (primary N) is 1. The molecule has 2 rings (SSSR count). The Morgan fingerprint density at radius 2 is 1.90 bits per heavy atom. The summed E-state index contributed by atoms with van der Waals surface area (Å²) in [5, 5.41) is 1.24. The van der Waals surface area contributed by atoms with Gasteiger partial charge in [0.1, 0.15) is 0 Å². The highest BCUT2D eigenvalue weighted by Crippen LogP contribution is 2.39. The first-order valence-corrected chi connectivity index (χ1v) is 8.62. The van der Waals surface area contributed by atoms with Crippen molar-refractivity contribution in [1.82, 2.24) is 4.98 Å². The lowest BCUT2D eigenvalue weighted by molar-refractivity contribution is 0.217. The van der Waals surface area contributed by atoms with Gasteiger partial charge in [-0.25, -0.2) is 4.98 Å². The monoisotopic (exact) mass is 294 g/mol. The molecule has 1 aromatic rings. The smallest absolute Gasteiger partial charge is 0.0946 e. The Morgan fingerprint density at radius 3 is 2.45 bits per heavy atom. The Kier molecular flexibility index (Phi) is 4.32. The second kappa shape index (κ2) is 5.42. The highest BCUT2D eigenvalue weighted by atomic mass is 32.1. The van der Waals surface area contributed by atoms with Crippen molar-refractivity contribution in [2.45, 2.75) is 73.3 Å². The van der Waals surface area contributed by atoms with Gasteiger partial charge in [-0.3, -0.25) is 0 Å². The summed E-state index contributed by atoms with van der Waals surface area (Å²) in [6, 6.07) is 0.188. The van der Waals surface area contributed by atoms with E-state index in [0.29, 0.717) is 5.41 Å². The Morgan fingerprint density at radius 1 is 1.25 bits per heavy atom. The molecule has 1 aliphatic rings. The lowest BCUT2D eigenvalue weighted by Crippen LogP contribution is -2.36. The van der Waals surface area contributed by atoms with E-state index in [9.17, 15) is 0 Å². The van der Waals surface area contributed by atoms with Crippen LogP contribution in [0.2, 0.25) is 0 Å². The minimum atomic E-state index is 0.153. The van der Waals surface area contributed by atoms with Crippen molar-refractivity contribution in [2.75, 3.05) is 0 Å². The molecule has 2 nitrogen and oxygen atoms in total. The molecule has 2 N–H and O–H groups in total. The maximum atomic E-state index is 6.30. The average molecular weight is 295 g/mol. The zero-order valence-corrected chi connectivity index (χ0v) is 14.7. The van der Waals surface area contributed by atoms with Crippen molar-refractivity contribution in [1.29, 1.82) is 0 Å². The quantitative estimate of drug-likeness (QED) is 0.887. The minimum Gasteiger partial charge on any atom is -0.327 e. The molecule has 0 bridgehead atoms. The van der Waals surface area contributed by atoms with Crippen LogP contribution in [0, 0.1) is 16.7 Å². The van der Waals surface area contributed by atoms with Crippen LogP contribution in [-0.2, 0) is 19.3 Å². The molecule has 0 amide bonds. The van der Waals surface area contributed by atoms with Gasteiger partial charge in [0.25, 0.3) is 0 Å². The van der Waals surface area contributed by atoms with Gasteiger partial charge in [0.05, 0.1) is 10.7 Å². The summed E-state index contributed by atoms with van der Waals surface area (Å²) in [6.07, 6.45) is 4.56. The van der Waals surface area contributed by atoms with Crippen molar-refractivity contribution in [3.05, 3.63) is 15.6 Å². The van der Waals surface area contributed by atoms with Gasteiger partial charge in [-0.05, 0) is 36.0 Å². The van der Waals surface area contributed by atoms with E-state index < -0.39 is 0 Å². The molecule has 1 heterocycles. The maximum absolute atomic E-state index is 6.30. The van der Waals surface area contributed by atoms with E-state index in [2.05, 4.69) is 41.5 Å². The second-order valence-corrected chi connectivity index (χ2v) is 9.63. The summed E-state index contributed by atoms with van der Waals surface area (Å²) >= 11 is 1.91. The summed E-state index contributed by atoms with van der Waals surface area (Å²) in [5.41, 5.74) is 8.22. The maximum Gasteiger partial charge on any atom is 0.0946 e. The van der Waals surface area contributed by atoms with Crippen LogP contribution in [0.15, 0.2) is 0 Å². The van der Waals surface area contributed by atoms with E-state index in [-0.39, 0.29) is 11.5 Å². The number of aromatic nitrogens is 1. The van der Waals surface area contributed by atoms with E-state index in [4.69, 9.17) is 10.7 Å². The topological polar surface area (TPSA) is 38.9 Å². The molecule has 20 heavy (non-hydrogen) atoms. The van der Waals surface area contributed by atoms with E-state index in [1.165, 1.54) is 28.4 Å².